The number of fused-ring (bicyclic) bond motifs is 4. The van der Waals surface area contributed by atoms with Crippen LogP contribution in [0.2, 0.25) is 0 Å². The zero-order valence-electron chi connectivity index (χ0n) is 18.7. The van der Waals surface area contributed by atoms with Crippen molar-refractivity contribution in [3.63, 3.8) is 0 Å². The van der Waals surface area contributed by atoms with Crippen LogP contribution in [0.25, 0.3) is 43.1 Å². The smallest absolute Gasteiger partial charge is 0.275 e. The summed E-state index contributed by atoms with van der Waals surface area (Å²) in [7, 11) is 0. The number of anilines is 2. The van der Waals surface area contributed by atoms with Gasteiger partial charge in [0.25, 0.3) is 5.91 Å². The largest absolute Gasteiger partial charge is 0.397 e. The van der Waals surface area contributed by atoms with E-state index in [2.05, 4.69) is 11.1 Å². The van der Waals surface area contributed by atoms with Gasteiger partial charge in [0.2, 0.25) is 0 Å². The van der Waals surface area contributed by atoms with E-state index in [-0.39, 0.29) is 17.3 Å². The molecule has 7 heteroatoms. The maximum atomic E-state index is 14.0. The third kappa shape index (κ3) is 3.01. The van der Waals surface area contributed by atoms with Crippen LogP contribution in [0.3, 0.4) is 0 Å². The van der Waals surface area contributed by atoms with Gasteiger partial charge in [-0.3, -0.25) is 9.36 Å². The Bertz CT molecular complexity index is 1800. The SMILES string of the molecule is Cc1ccc(-c2c(C#N)c(N)nc3sc(C(=O)n4c5ccccc5c5ccccc54)c(N)c23)cc1. The lowest BCUT2D eigenvalue weighted by Gasteiger charge is -2.10. The molecule has 3 heterocycles. The van der Waals surface area contributed by atoms with Gasteiger partial charge in [0.15, 0.2) is 0 Å². The Morgan fingerprint density at radius 2 is 1.54 bits per heavy atom. The minimum Gasteiger partial charge on any atom is -0.397 e. The van der Waals surface area contributed by atoms with Crippen molar-refractivity contribution < 1.29 is 4.79 Å². The number of nitrogen functional groups attached to an aromatic ring is 2. The van der Waals surface area contributed by atoms with Gasteiger partial charge in [-0.05, 0) is 24.6 Å². The summed E-state index contributed by atoms with van der Waals surface area (Å²) in [6.07, 6.45) is 0. The molecule has 0 fully saturated rings. The molecule has 6 rings (SSSR count). The Kier molecular flexibility index (Phi) is 4.59. The number of nitrogens with zero attached hydrogens (tertiary/aromatic N) is 3. The van der Waals surface area contributed by atoms with E-state index in [1.807, 2.05) is 79.7 Å². The van der Waals surface area contributed by atoms with Gasteiger partial charge in [-0.15, -0.1) is 11.3 Å². The lowest BCUT2D eigenvalue weighted by molar-refractivity contribution is 0.0974. The van der Waals surface area contributed by atoms with E-state index in [1.54, 1.807) is 4.57 Å². The van der Waals surface area contributed by atoms with Crippen LogP contribution in [0.1, 0.15) is 20.8 Å². The molecule has 3 aromatic carbocycles. The van der Waals surface area contributed by atoms with Gasteiger partial charge < -0.3 is 11.5 Å². The van der Waals surface area contributed by atoms with Crippen LogP contribution in [0, 0.1) is 18.3 Å². The number of pyridine rings is 1. The number of thiophene rings is 1. The minimum absolute atomic E-state index is 0.118. The third-order valence-corrected chi connectivity index (χ3v) is 7.42. The average molecular weight is 474 g/mol. The summed E-state index contributed by atoms with van der Waals surface area (Å²) < 4.78 is 1.70. The van der Waals surface area contributed by atoms with E-state index in [4.69, 9.17) is 11.5 Å². The fourth-order valence-electron chi connectivity index (χ4n) is 4.69. The van der Waals surface area contributed by atoms with Crippen molar-refractivity contribution in [2.24, 2.45) is 0 Å². The summed E-state index contributed by atoms with van der Waals surface area (Å²) in [6.45, 7) is 1.99. The van der Waals surface area contributed by atoms with Crippen LogP contribution < -0.4 is 11.5 Å². The predicted molar refractivity (Wildman–Crippen MR) is 143 cm³/mol. The zero-order chi connectivity index (χ0) is 24.3. The van der Waals surface area contributed by atoms with Gasteiger partial charge in [-0.25, -0.2) is 4.98 Å². The van der Waals surface area contributed by atoms with E-state index in [0.29, 0.717) is 26.3 Å². The van der Waals surface area contributed by atoms with Crippen LogP contribution in [0.5, 0.6) is 0 Å². The monoisotopic (exact) mass is 473 g/mol. The molecule has 168 valence electrons. The number of nitriles is 1. The molecule has 0 amide bonds. The van der Waals surface area contributed by atoms with Crippen LogP contribution in [0.15, 0.2) is 72.8 Å². The van der Waals surface area contributed by atoms with E-state index in [1.165, 1.54) is 11.3 Å². The molecule has 6 aromatic rings. The second-order valence-electron chi connectivity index (χ2n) is 8.42. The Hall–Kier alpha value is -4.67. The second-order valence-corrected chi connectivity index (χ2v) is 9.42. The number of carbonyl (C=O) groups excluding carboxylic acids is 1. The number of hydrogen-bond donors (Lipinski definition) is 2. The van der Waals surface area contributed by atoms with Gasteiger partial charge >= 0.3 is 0 Å². The molecule has 0 aliphatic rings. The summed E-state index contributed by atoms with van der Waals surface area (Å²) in [5.41, 5.74) is 17.5. The number of nitrogens with two attached hydrogens (primary N) is 2. The highest BCUT2D eigenvalue weighted by Gasteiger charge is 2.26. The number of hydrogen-bond acceptors (Lipinski definition) is 6. The minimum atomic E-state index is -0.241. The highest BCUT2D eigenvalue weighted by atomic mass is 32.1. The molecule has 0 radical (unpaired) electrons. The summed E-state index contributed by atoms with van der Waals surface area (Å²) in [4.78, 5) is 19.4. The maximum Gasteiger partial charge on any atom is 0.275 e. The third-order valence-electron chi connectivity index (χ3n) is 6.33. The molecule has 0 bridgehead atoms. The Morgan fingerprint density at radius 1 is 0.943 bits per heavy atom. The molecule has 4 N–H and O–H groups in total. The van der Waals surface area contributed by atoms with E-state index >= 15 is 0 Å². The van der Waals surface area contributed by atoms with Crippen LogP contribution in [0.4, 0.5) is 11.5 Å². The first-order valence-corrected chi connectivity index (χ1v) is 11.8. The van der Waals surface area contributed by atoms with Gasteiger partial charge in [-0.2, -0.15) is 5.26 Å². The molecule has 3 aromatic heterocycles. The Labute approximate surface area is 204 Å². The summed E-state index contributed by atoms with van der Waals surface area (Å²) >= 11 is 1.20. The standard InChI is InChI=1S/C28H19N5OS/c1-15-10-12-16(13-11-15)22-19(14-29)26(31)32-27-23(22)24(30)25(35-27)28(34)33-20-8-4-2-6-17(20)18-7-3-5-9-21(18)33/h2-13H,30H2,1H3,(H2,31,32). The molecule has 0 aliphatic carbocycles. The molecular formula is C28H19N5OS. The predicted octanol–water partition coefficient (Wildman–Crippen LogP) is 6.10. The van der Waals surface area contributed by atoms with Crippen LogP contribution >= 0.6 is 11.3 Å². The maximum absolute atomic E-state index is 14.0. The number of para-hydroxylation sites is 2. The molecule has 6 nitrogen and oxygen atoms in total. The summed E-state index contributed by atoms with van der Waals surface area (Å²) in [5.74, 6) is -0.123. The number of benzene rings is 3. The van der Waals surface area contributed by atoms with Crippen molar-refractivity contribution in [1.29, 1.82) is 5.26 Å². The molecular weight excluding hydrogens is 454 g/mol. The molecule has 0 atom stereocenters. The Balaban J connectivity index is 1.66. The number of carbonyl (C=O) groups is 1. The zero-order valence-corrected chi connectivity index (χ0v) is 19.6. The lowest BCUT2D eigenvalue weighted by Crippen LogP contribution is -2.11. The van der Waals surface area contributed by atoms with E-state index in [0.717, 1.165) is 32.9 Å². The van der Waals surface area contributed by atoms with Gasteiger partial charge in [0, 0.05) is 21.7 Å². The highest BCUT2D eigenvalue weighted by molar-refractivity contribution is 7.21. The van der Waals surface area contributed by atoms with Crippen molar-refractivity contribution in [2.45, 2.75) is 6.92 Å². The number of aromatic nitrogens is 2. The van der Waals surface area contributed by atoms with E-state index < -0.39 is 0 Å². The average Bonchev–Trinajstić information content (AvgIpc) is 3.38. The highest BCUT2D eigenvalue weighted by Crippen LogP contribution is 2.43. The van der Waals surface area contributed by atoms with Crippen LogP contribution in [-0.4, -0.2) is 15.5 Å². The fourth-order valence-corrected chi connectivity index (χ4v) is 5.74. The first-order valence-electron chi connectivity index (χ1n) is 11.0. The topological polar surface area (TPSA) is 111 Å². The quantitative estimate of drug-likeness (QED) is 0.315. The second kappa shape index (κ2) is 7.69. The molecule has 0 saturated carbocycles. The van der Waals surface area contributed by atoms with Gasteiger partial charge in [0.1, 0.15) is 27.2 Å². The van der Waals surface area contributed by atoms with Crippen molar-refractivity contribution in [2.75, 3.05) is 11.5 Å². The fraction of sp³-hybridized carbons (Fsp3) is 0.0357. The molecule has 0 aliphatic heterocycles. The van der Waals surface area contributed by atoms with Crippen molar-refractivity contribution >= 4 is 60.8 Å². The molecule has 0 unspecified atom stereocenters. The summed E-state index contributed by atoms with van der Waals surface area (Å²) in [5, 5.41) is 12.5. The Morgan fingerprint density at radius 3 is 2.14 bits per heavy atom. The van der Waals surface area contributed by atoms with Crippen LogP contribution in [-0.2, 0) is 0 Å². The first kappa shape index (κ1) is 20.9. The van der Waals surface area contributed by atoms with Gasteiger partial charge in [-0.1, -0.05) is 66.2 Å². The van der Waals surface area contributed by atoms with E-state index in [9.17, 15) is 10.1 Å². The van der Waals surface area contributed by atoms with Crippen molar-refractivity contribution in [3.05, 3.63) is 88.8 Å². The van der Waals surface area contributed by atoms with Crippen molar-refractivity contribution in [3.8, 4) is 17.2 Å². The first-order chi connectivity index (χ1) is 17.0. The van der Waals surface area contributed by atoms with Gasteiger partial charge in [0.05, 0.1) is 16.7 Å². The lowest BCUT2D eigenvalue weighted by atomic mass is 9.96. The summed E-state index contributed by atoms with van der Waals surface area (Å²) in [6, 6.07) is 25.6. The molecule has 35 heavy (non-hydrogen) atoms. The molecule has 0 saturated heterocycles. The number of rotatable bonds is 2. The molecule has 0 spiro atoms. The normalized spacial score (nSPS) is 11.3. The van der Waals surface area contributed by atoms with Crippen molar-refractivity contribution in [1.82, 2.24) is 9.55 Å². The number of aryl methyl sites for hydroxylation is 1.